The van der Waals surface area contributed by atoms with Crippen LogP contribution in [0.15, 0.2) is 91.0 Å². The predicted molar refractivity (Wildman–Crippen MR) is 141 cm³/mol. The highest BCUT2D eigenvalue weighted by Gasteiger charge is 2.23. The van der Waals surface area contributed by atoms with Crippen molar-refractivity contribution in [2.24, 2.45) is 0 Å². The third-order valence-electron chi connectivity index (χ3n) is 6.40. The van der Waals surface area contributed by atoms with E-state index in [1.807, 2.05) is 31.2 Å². The number of terminal acetylenes is 1. The van der Waals surface area contributed by atoms with Gasteiger partial charge in [-0.1, -0.05) is 44.0 Å². The molecule has 4 rings (SSSR count). The molecule has 0 spiro atoms. The van der Waals surface area contributed by atoms with E-state index in [0.717, 1.165) is 28.2 Å². The Hall–Kier alpha value is -4.29. The van der Waals surface area contributed by atoms with Crippen LogP contribution in [0.1, 0.15) is 52.0 Å². The maximum Gasteiger partial charge on any atom is 0.193 e. The number of hydrogen-bond acceptors (Lipinski definition) is 3. The van der Waals surface area contributed by atoms with Gasteiger partial charge in [-0.3, -0.25) is 4.79 Å². The molecule has 0 unspecified atom stereocenters. The molecule has 35 heavy (non-hydrogen) atoms. The number of rotatable bonds is 7. The Balaban J connectivity index is 1.46. The fourth-order valence-electron chi connectivity index (χ4n) is 3.99. The lowest BCUT2D eigenvalue weighted by Crippen LogP contribution is -2.19. The van der Waals surface area contributed by atoms with Gasteiger partial charge in [0.15, 0.2) is 5.78 Å². The van der Waals surface area contributed by atoms with Crippen molar-refractivity contribution in [2.75, 3.05) is 7.11 Å². The van der Waals surface area contributed by atoms with Crippen molar-refractivity contribution < 1.29 is 14.3 Å². The molecule has 0 radical (unpaired) electrons. The van der Waals surface area contributed by atoms with Gasteiger partial charge in [-0.2, -0.15) is 0 Å². The Morgan fingerprint density at radius 1 is 0.743 bits per heavy atom. The molecule has 0 aliphatic rings. The van der Waals surface area contributed by atoms with E-state index in [1.54, 1.807) is 43.5 Å². The monoisotopic (exact) mass is 460 g/mol. The zero-order chi connectivity index (χ0) is 25.0. The molecular weight excluding hydrogens is 432 g/mol. The molecule has 4 aromatic rings. The molecule has 0 heterocycles. The summed E-state index contributed by atoms with van der Waals surface area (Å²) in [5.74, 6) is 4.84. The third kappa shape index (κ3) is 5.13. The summed E-state index contributed by atoms with van der Waals surface area (Å²) in [5, 5.41) is 0. The summed E-state index contributed by atoms with van der Waals surface area (Å²) < 4.78 is 11.2. The lowest BCUT2D eigenvalue weighted by Gasteiger charge is -2.27. The standard InChI is InChI=1S/C32H28O3/c1-6-23-21-27(12-7-22(23)2)32(3,4)26-13-19-30(20-14-26)35-29-17-10-25(11-18-29)31(33)24-8-15-28(34-5)16-9-24/h1,7-21H,2-5H3. The van der Waals surface area contributed by atoms with E-state index in [2.05, 4.69) is 50.1 Å². The number of ketones is 1. The van der Waals surface area contributed by atoms with Gasteiger partial charge in [-0.25, -0.2) is 0 Å². The molecule has 174 valence electrons. The summed E-state index contributed by atoms with van der Waals surface area (Å²) in [6.45, 7) is 6.40. The van der Waals surface area contributed by atoms with Crippen LogP contribution in [0.3, 0.4) is 0 Å². The molecule has 3 heteroatoms. The Kier molecular flexibility index (Phi) is 6.75. The predicted octanol–water partition coefficient (Wildman–Crippen LogP) is 7.33. The smallest absolute Gasteiger partial charge is 0.193 e. The number of carbonyl (C=O) groups excluding carboxylic acids is 1. The van der Waals surface area contributed by atoms with Crippen LogP contribution in [0.4, 0.5) is 0 Å². The minimum Gasteiger partial charge on any atom is -0.497 e. The van der Waals surface area contributed by atoms with Crippen LogP contribution in [0, 0.1) is 19.3 Å². The van der Waals surface area contributed by atoms with Crippen molar-refractivity contribution in [3.05, 3.63) is 124 Å². The molecule has 0 N–H and O–H groups in total. The van der Waals surface area contributed by atoms with Gasteiger partial charge in [0.2, 0.25) is 0 Å². The highest BCUT2D eigenvalue weighted by Crippen LogP contribution is 2.34. The van der Waals surface area contributed by atoms with Gasteiger partial charge in [0.05, 0.1) is 7.11 Å². The highest BCUT2D eigenvalue weighted by atomic mass is 16.5. The molecule has 0 saturated carbocycles. The first-order valence-electron chi connectivity index (χ1n) is 11.5. The van der Waals surface area contributed by atoms with Crippen molar-refractivity contribution in [1.29, 1.82) is 0 Å². The van der Waals surface area contributed by atoms with E-state index in [4.69, 9.17) is 15.9 Å². The minimum absolute atomic E-state index is 0.0464. The number of carbonyl (C=O) groups is 1. The first-order chi connectivity index (χ1) is 16.8. The van der Waals surface area contributed by atoms with Crippen LogP contribution in [0.5, 0.6) is 17.2 Å². The van der Waals surface area contributed by atoms with Crippen LogP contribution < -0.4 is 9.47 Å². The average Bonchev–Trinajstić information content (AvgIpc) is 2.89. The Labute approximate surface area is 207 Å². The first-order valence-corrected chi connectivity index (χ1v) is 11.5. The second-order valence-corrected chi connectivity index (χ2v) is 9.01. The summed E-state index contributed by atoms with van der Waals surface area (Å²) in [7, 11) is 1.60. The average molecular weight is 461 g/mol. The summed E-state index contributed by atoms with van der Waals surface area (Å²) >= 11 is 0. The highest BCUT2D eigenvalue weighted by molar-refractivity contribution is 6.09. The van der Waals surface area contributed by atoms with E-state index < -0.39 is 0 Å². The SMILES string of the molecule is C#Cc1cc(C(C)(C)c2ccc(Oc3ccc(C(=O)c4ccc(OC)cc4)cc3)cc2)ccc1C. The summed E-state index contributed by atoms with van der Waals surface area (Å²) in [6.07, 6.45) is 5.67. The molecule has 3 nitrogen and oxygen atoms in total. The third-order valence-corrected chi connectivity index (χ3v) is 6.40. The Morgan fingerprint density at radius 2 is 1.23 bits per heavy atom. The van der Waals surface area contributed by atoms with Crippen molar-refractivity contribution in [3.8, 4) is 29.6 Å². The van der Waals surface area contributed by atoms with Crippen LogP contribution in [-0.2, 0) is 5.41 Å². The van der Waals surface area contributed by atoms with Crippen molar-refractivity contribution in [3.63, 3.8) is 0 Å². The van der Waals surface area contributed by atoms with E-state index in [1.165, 1.54) is 5.56 Å². The molecular formula is C32H28O3. The fraction of sp³-hybridized carbons (Fsp3) is 0.156. The fourth-order valence-corrected chi connectivity index (χ4v) is 3.99. The van der Waals surface area contributed by atoms with Crippen LogP contribution in [0.25, 0.3) is 0 Å². The van der Waals surface area contributed by atoms with E-state index in [0.29, 0.717) is 16.9 Å². The first kappa shape index (κ1) is 23.9. The number of ether oxygens (including phenoxy) is 2. The van der Waals surface area contributed by atoms with E-state index in [-0.39, 0.29) is 11.2 Å². The minimum atomic E-state index is -0.207. The van der Waals surface area contributed by atoms with E-state index >= 15 is 0 Å². The number of benzene rings is 4. The van der Waals surface area contributed by atoms with Gasteiger partial charge < -0.3 is 9.47 Å². The summed E-state index contributed by atoms with van der Waals surface area (Å²) in [5.41, 5.74) is 5.36. The van der Waals surface area contributed by atoms with Gasteiger partial charge in [-0.05, 0) is 90.3 Å². The lowest BCUT2D eigenvalue weighted by molar-refractivity contribution is 0.103. The molecule has 0 fully saturated rings. The number of aryl methyl sites for hydroxylation is 1. The zero-order valence-corrected chi connectivity index (χ0v) is 20.5. The zero-order valence-electron chi connectivity index (χ0n) is 20.5. The Bertz CT molecular complexity index is 1370. The molecule has 0 aromatic heterocycles. The topological polar surface area (TPSA) is 35.5 Å². The van der Waals surface area contributed by atoms with Gasteiger partial charge in [0, 0.05) is 22.1 Å². The van der Waals surface area contributed by atoms with Crippen LogP contribution in [0.2, 0.25) is 0 Å². The molecule has 0 saturated heterocycles. The second-order valence-electron chi connectivity index (χ2n) is 9.01. The normalized spacial score (nSPS) is 10.9. The molecule has 0 aliphatic carbocycles. The van der Waals surface area contributed by atoms with Gasteiger partial charge >= 0.3 is 0 Å². The maximum absolute atomic E-state index is 12.7. The molecule has 0 atom stereocenters. The Morgan fingerprint density at radius 3 is 1.74 bits per heavy atom. The van der Waals surface area contributed by atoms with Crippen LogP contribution in [-0.4, -0.2) is 12.9 Å². The van der Waals surface area contributed by atoms with Gasteiger partial charge in [0.1, 0.15) is 17.2 Å². The molecule has 0 bridgehead atoms. The van der Waals surface area contributed by atoms with Crippen molar-refractivity contribution in [1.82, 2.24) is 0 Å². The number of hydrogen-bond donors (Lipinski definition) is 0. The van der Waals surface area contributed by atoms with Crippen LogP contribution >= 0.6 is 0 Å². The largest absolute Gasteiger partial charge is 0.497 e. The van der Waals surface area contributed by atoms with Crippen molar-refractivity contribution >= 4 is 5.78 Å². The summed E-state index contributed by atoms with van der Waals surface area (Å²) in [6, 6.07) is 28.6. The molecule has 4 aromatic carbocycles. The molecule has 0 amide bonds. The quantitative estimate of drug-likeness (QED) is 0.214. The van der Waals surface area contributed by atoms with Gasteiger partial charge in [0.25, 0.3) is 0 Å². The van der Waals surface area contributed by atoms with E-state index in [9.17, 15) is 4.79 Å². The van der Waals surface area contributed by atoms with Crippen molar-refractivity contribution in [2.45, 2.75) is 26.2 Å². The maximum atomic E-state index is 12.7. The molecule has 0 aliphatic heterocycles. The number of methoxy groups -OCH3 is 1. The summed E-state index contributed by atoms with van der Waals surface area (Å²) in [4.78, 5) is 12.7. The van der Waals surface area contributed by atoms with Gasteiger partial charge in [-0.15, -0.1) is 6.42 Å². The second kappa shape index (κ2) is 9.91. The lowest BCUT2D eigenvalue weighted by atomic mass is 9.77.